The molecular formula is C25H22N2O3. The van der Waals surface area contributed by atoms with Gasteiger partial charge in [0.05, 0.1) is 7.11 Å². The van der Waals surface area contributed by atoms with Crippen LogP contribution in [0.15, 0.2) is 78.1 Å². The highest BCUT2D eigenvalue weighted by Crippen LogP contribution is 2.29. The maximum absolute atomic E-state index is 13.3. The molecule has 5 nitrogen and oxygen atoms in total. The first kappa shape index (κ1) is 19.5. The highest BCUT2D eigenvalue weighted by Gasteiger charge is 2.32. The van der Waals surface area contributed by atoms with Crippen LogP contribution in [0.5, 0.6) is 5.75 Å². The Kier molecular flexibility index (Phi) is 5.11. The maximum Gasteiger partial charge on any atom is 0.212 e. The molecule has 150 valence electrons. The summed E-state index contributed by atoms with van der Waals surface area (Å²) in [5, 5.41) is 6.33. The Morgan fingerprint density at radius 2 is 1.20 bits per heavy atom. The molecule has 0 heterocycles. The normalized spacial score (nSPS) is 13.2. The lowest BCUT2D eigenvalue weighted by Crippen LogP contribution is -2.29. The number of rotatable bonds is 5. The number of carbonyl (C=O) groups excluding carboxylic acids is 2. The smallest absolute Gasteiger partial charge is 0.212 e. The minimum absolute atomic E-state index is 0.223. The number of carbonyl (C=O) groups is 2. The molecule has 0 bridgehead atoms. The minimum Gasteiger partial charge on any atom is -0.497 e. The van der Waals surface area contributed by atoms with Crippen LogP contribution in [0.2, 0.25) is 0 Å². The molecule has 4 rings (SSSR count). The van der Waals surface area contributed by atoms with Gasteiger partial charge in [0.2, 0.25) is 11.6 Å². The summed E-state index contributed by atoms with van der Waals surface area (Å²) in [7, 11) is 1.59. The van der Waals surface area contributed by atoms with Crippen LogP contribution < -0.4 is 15.4 Å². The second-order valence-electron chi connectivity index (χ2n) is 7.23. The minimum atomic E-state index is -0.229. The number of Topliss-reactive ketones (excluding diaryl/α,β-unsaturated/α-hetero) is 2. The number of aryl methyl sites for hydroxylation is 2. The number of nitrogens with one attached hydrogen (secondary N) is 2. The first-order valence-electron chi connectivity index (χ1n) is 9.66. The van der Waals surface area contributed by atoms with E-state index in [1.165, 1.54) is 0 Å². The zero-order valence-corrected chi connectivity index (χ0v) is 17.1. The van der Waals surface area contributed by atoms with Crippen LogP contribution in [0.3, 0.4) is 0 Å². The fourth-order valence-corrected chi connectivity index (χ4v) is 3.40. The van der Waals surface area contributed by atoms with Gasteiger partial charge in [-0.25, -0.2) is 0 Å². The number of allylic oxidation sites excluding steroid dienone is 2. The topological polar surface area (TPSA) is 67.4 Å². The molecule has 0 aromatic heterocycles. The predicted octanol–water partition coefficient (Wildman–Crippen LogP) is 5.13. The van der Waals surface area contributed by atoms with E-state index in [4.69, 9.17) is 4.74 Å². The van der Waals surface area contributed by atoms with Gasteiger partial charge in [-0.2, -0.15) is 0 Å². The molecule has 0 fully saturated rings. The number of benzene rings is 3. The van der Waals surface area contributed by atoms with E-state index < -0.39 is 0 Å². The molecule has 1 aliphatic rings. The first-order valence-corrected chi connectivity index (χ1v) is 9.66. The third-order valence-electron chi connectivity index (χ3n) is 5.26. The summed E-state index contributed by atoms with van der Waals surface area (Å²) < 4.78 is 5.19. The van der Waals surface area contributed by atoms with Crippen molar-refractivity contribution >= 4 is 22.9 Å². The van der Waals surface area contributed by atoms with E-state index in [-0.39, 0.29) is 23.0 Å². The lowest BCUT2D eigenvalue weighted by molar-refractivity contribution is 0.0977. The van der Waals surface area contributed by atoms with Gasteiger partial charge >= 0.3 is 0 Å². The largest absolute Gasteiger partial charge is 0.497 e. The Labute approximate surface area is 175 Å². The number of anilines is 2. The highest BCUT2D eigenvalue weighted by atomic mass is 16.5. The lowest BCUT2D eigenvalue weighted by Gasteiger charge is -2.23. The zero-order chi connectivity index (χ0) is 21.3. The van der Waals surface area contributed by atoms with Gasteiger partial charge in [-0.15, -0.1) is 0 Å². The molecule has 3 aromatic carbocycles. The molecule has 0 unspecified atom stereocenters. The average Bonchev–Trinajstić information content (AvgIpc) is 2.77. The molecule has 5 heteroatoms. The number of ether oxygens (including phenoxy) is 1. The van der Waals surface area contributed by atoms with Crippen LogP contribution >= 0.6 is 0 Å². The number of fused-ring (bicyclic) bond motifs is 1. The van der Waals surface area contributed by atoms with E-state index in [0.717, 1.165) is 16.8 Å². The molecule has 0 radical (unpaired) electrons. The molecule has 0 atom stereocenters. The Bertz CT molecular complexity index is 1180. The third kappa shape index (κ3) is 3.57. The van der Waals surface area contributed by atoms with Gasteiger partial charge in [-0.3, -0.25) is 9.59 Å². The van der Waals surface area contributed by atoms with Gasteiger partial charge in [0.25, 0.3) is 0 Å². The van der Waals surface area contributed by atoms with Gasteiger partial charge in [-0.1, -0.05) is 30.3 Å². The van der Waals surface area contributed by atoms with E-state index in [1.54, 1.807) is 55.6 Å². The number of ketones is 2. The molecule has 0 saturated heterocycles. The molecular weight excluding hydrogens is 376 g/mol. The Morgan fingerprint density at radius 1 is 0.667 bits per heavy atom. The van der Waals surface area contributed by atoms with Crippen molar-refractivity contribution in [3.8, 4) is 5.75 Å². The standard InChI is InChI=1S/C25H22N2O3/c1-15-8-9-18(14-16(15)2)27-23-22(26-17-10-12-19(30-3)13-11-17)24(28)20-6-4-5-7-21(20)25(23)29/h4-14,26-27H,1-3H3. The Hall–Kier alpha value is -3.86. The van der Waals surface area contributed by atoms with Crippen LogP contribution in [-0.2, 0) is 0 Å². The van der Waals surface area contributed by atoms with Crippen LogP contribution in [0.25, 0.3) is 0 Å². The van der Waals surface area contributed by atoms with Crippen molar-refractivity contribution in [1.29, 1.82) is 0 Å². The van der Waals surface area contributed by atoms with Crippen molar-refractivity contribution in [2.75, 3.05) is 17.7 Å². The van der Waals surface area contributed by atoms with Crippen molar-refractivity contribution < 1.29 is 14.3 Å². The molecule has 0 spiro atoms. The number of methoxy groups -OCH3 is 1. The molecule has 30 heavy (non-hydrogen) atoms. The summed E-state index contributed by atoms with van der Waals surface area (Å²) in [5.74, 6) is 0.256. The quantitative estimate of drug-likeness (QED) is 0.624. The summed E-state index contributed by atoms with van der Waals surface area (Å²) in [6.07, 6.45) is 0. The molecule has 0 saturated carbocycles. The monoisotopic (exact) mass is 398 g/mol. The van der Waals surface area contributed by atoms with Gasteiger partial charge < -0.3 is 15.4 Å². The van der Waals surface area contributed by atoms with Crippen LogP contribution in [0.1, 0.15) is 31.8 Å². The van der Waals surface area contributed by atoms with E-state index in [0.29, 0.717) is 22.6 Å². The third-order valence-corrected chi connectivity index (χ3v) is 5.26. The van der Waals surface area contributed by atoms with Gasteiger partial charge in [0.1, 0.15) is 17.1 Å². The second kappa shape index (κ2) is 7.87. The first-order chi connectivity index (χ1) is 14.5. The summed E-state index contributed by atoms with van der Waals surface area (Å²) in [6.45, 7) is 4.04. The molecule has 0 amide bonds. The predicted molar refractivity (Wildman–Crippen MR) is 118 cm³/mol. The van der Waals surface area contributed by atoms with Gasteiger partial charge in [0, 0.05) is 22.5 Å². The SMILES string of the molecule is COc1ccc(NC2=C(Nc3ccc(C)c(C)c3)C(=O)c3ccccc3C2=O)cc1. The van der Waals surface area contributed by atoms with Crippen LogP contribution in [0, 0.1) is 13.8 Å². The van der Waals surface area contributed by atoms with Crippen molar-refractivity contribution in [3.63, 3.8) is 0 Å². The van der Waals surface area contributed by atoms with Crippen molar-refractivity contribution in [2.45, 2.75) is 13.8 Å². The summed E-state index contributed by atoms with van der Waals surface area (Å²) in [5.41, 5.74) is 4.94. The Balaban J connectivity index is 1.79. The van der Waals surface area contributed by atoms with E-state index in [9.17, 15) is 9.59 Å². The Morgan fingerprint density at radius 3 is 1.73 bits per heavy atom. The average molecular weight is 398 g/mol. The van der Waals surface area contributed by atoms with Crippen molar-refractivity contribution in [3.05, 3.63) is 100 Å². The number of hydrogen-bond acceptors (Lipinski definition) is 5. The fourth-order valence-electron chi connectivity index (χ4n) is 3.40. The lowest BCUT2D eigenvalue weighted by atomic mass is 9.90. The van der Waals surface area contributed by atoms with E-state index >= 15 is 0 Å². The molecule has 0 aliphatic heterocycles. The summed E-state index contributed by atoms with van der Waals surface area (Å²) in [6, 6.07) is 19.9. The zero-order valence-electron chi connectivity index (χ0n) is 17.1. The molecule has 1 aliphatic carbocycles. The van der Waals surface area contributed by atoms with Gasteiger partial charge in [0.15, 0.2) is 0 Å². The summed E-state index contributed by atoms with van der Waals surface area (Å²) in [4.78, 5) is 26.6. The van der Waals surface area contributed by atoms with Gasteiger partial charge in [-0.05, 0) is 61.4 Å². The van der Waals surface area contributed by atoms with E-state index in [2.05, 4.69) is 10.6 Å². The second-order valence-corrected chi connectivity index (χ2v) is 7.23. The van der Waals surface area contributed by atoms with Crippen LogP contribution in [0.4, 0.5) is 11.4 Å². The van der Waals surface area contributed by atoms with E-state index in [1.807, 2.05) is 32.0 Å². The number of hydrogen-bond donors (Lipinski definition) is 2. The maximum atomic E-state index is 13.3. The molecule has 3 aromatic rings. The fraction of sp³-hybridized carbons (Fsp3) is 0.120. The van der Waals surface area contributed by atoms with Crippen LogP contribution in [-0.4, -0.2) is 18.7 Å². The molecule has 2 N–H and O–H groups in total. The highest BCUT2D eigenvalue weighted by molar-refractivity contribution is 6.28. The summed E-state index contributed by atoms with van der Waals surface area (Å²) >= 11 is 0. The van der Waals surface area contributed by atoms with Crippen molar-refractivity contribution in [2.24, 2.45) is 0 Å². The van der Waals surface area contributed by atoms with Crippen molar-refractivity contribution in [1.82, 2.24) is 0 Å².